The second-order valence-corrected chi connectivity index (χ2v) is 7.39. The normalized spacial score (nSPS) is 13.3. The molecule has 1 unspecified atom stereocenters. The monoisotopic (exact) mass is 342 g/mol. The van der Waals surface area contributed by atoms with E-state index in [-0.39, 0.29) is 5.88 Å². The van der Waals surface area contributed by atoms with Crippen LogP contribution < -0.4 is 4.52 Å². The summed E-state index contributed by atoms with van der Waals surface area (Å²) in [6.45, 7) is 2.98. The molecule has 1 heterocycles. The SMILES string of the molecule is CCOP(=S)(OCC)Oc1nc2ccccc2nc1C(C)O. The number of benzene rings is 1. The van der Waals surface area contributed by atoms with Crippen LogP contribution >= 0.6 is 6.72 Å². The zero-order chi connectivity index (χ0) is 16.2. The molecule has 1 N–H and O–H groups in total. The predicted octanol–water partition coefficient (Wildman–Crippen LogP) is 3.36. The lowest BCUT2D eigenvalue weighted by atomic mass is 10.2. The van der Waals surface area contributed by atoms with Crippen LogP contribution in [0, 0.1) is 0 Å². The largest absolute Gasteiger partial charge is 0.404 e. The third-order valence-electron chi connectivity index (χ3n) is 2.73. The number of fused-ring (bicyclic) bond motifs is 1. The predicted molar refractivity (Wildman–Crippen MR) is 88.3 cm³/mol. The molecule has 0 saturated heterocycles. The van der Waals surface area contributed by atoms with Crippen LogP contribution in [-0.4, -0.2) is 28.3 Å². The van der Waals surface area contributed by atoms with Gasteiger partial charge in [-0.1, -0.05) is 12.1 Å². The van der Waals surface area contributed by atoms with Gasteiger partial charge in [-0.3, -0.25) is 9.05 Å². The molecule has 0 saturated carbocycles. The number of rotatable bonds is 7. The number of hydrogen-bond acceptors (Lipinski definition) is 7. The third kappa shape index (κ3) is 4.00. The van der Waals surface area contributed by atoms with Gasteiger partial charge in [-0.05, 0) is 32.9 Å². The minimum atomic E-state index is -2.97. The summed E-state index contributed by atoms with van der Waals surface area (Å²) in [6, 6.07) is 7.34. The fourth-order valence-electron chi connectivity index (χ4n) is 1.85. The highest BCUT2D eigenvalue weighted by atomic mass is 32.5. The molecule has 0 fully saturated rings. The third-order valence-corrected chi connectivity index (χ3v) is 5.13. The second-order valence-electron chi connectivity index (χ2n) is 4.45. The van der Waals surface area contributed by atoms with Gasteiger partial charge in [-0.25, -0.2) is 9.97 Å². The molecule has 2 aromatic rings. The van der Waals surface area contributed by atoms with Gasteiger partial charge in [0.05, 0.1) is 30.4 Å². The second kappa shape index (κ2) is 7.44. The van der Waals surface area contributed by atoms with E-state index in [0.717, 1.165) is 0 Å². The van der Waals surface area contributed by atoms with Gasteiger partial charge in [0, 0.05) is 11.8 Å². The number of hydrogen-bond donors (Lipinski definition) is 1. The van der Waals surface area contributed by atoms with Crippen molar-refractivity contribution in [3.63, 3.8) is 0 Å². The van der Waals surface area contributed by atoms with Gasteiger partial charge in [0.15, 0.2) is 0 Å². The molecule has 0 aliphatic carbocycles. The Bertz CT molecular complexity index is 686. The van der Waals surface area contributed by atoms with Crippen LogP contribution in [0.1, 0.15) is 32.6 Å². The number of aliphatic hydroxyl groups excluding tert-OH is 1. The van der Waals surface area contributed by atoms with Crippen LogP contribution in [0.5, 0.6) is 5.88 Å². The topological polar surface area (TPSA) is 73.7 Å². The minimum Gasteiger partial charge on any atom is -0.404 e. The van der Waals surface area contributed by atoms with E-state index in [0.29, 0.717) is 29.9 Å². The lowest BCUT2D eigenvalue weighted by Gasteiger charge is -2.22. The average Bonchev–Trinajstić information content (AvgIpc) is 2.46. The molecule has 1 atom stereocenters. The maximum atomic E-state index is 9.93. The number of aliphatic hydroxyl groups is 1. The van der Waals surface area contributed by atoms with E-state index in [1.807, 2.05) is 38.1 Å². The maximum Gasteiger partial charge on any atom is 0.381 e. The van der Waals surface area contributed by atoms with Crippen molar-refractivity contribution in [1.29, 1.82) is 0 Å². The summed E-state index contributed by atoms with van der Waals surface area (Å²) in [4.78, 5) is 8.80. The Morgan fingerprint density at radius 2 is 1.68 bits per heavy atom. The van der Waals surface area contributed by atoms with E-state index in [4.69, 9.17) is 25.4 Å². The quantitative estimate of drug-likeness (QED) is 0.773. The van der Waals surface area contributed by atoms with Crippen molar-refractivity contribution in [1.82, 2.24) is 9.97 Å². The molecular weight excluding hydrogens is 323 g/mol. The van der Waals surface area contributed by atoms with Crippen LogP contribution in [-0.2, 0) is 20.9 Å². The van der Waals surface area contributed by atoms with E-state index >= 15 is 0 Å². The first-order valence-electron chi connectivity index (χ1n) is 7.02. The van der Waals surface area contributed by atoms with Gasteiger partial charge < -0.3 is 9.63 Å². The zero-order valence-corrected chi connectivity index (χ0v) is 14.4. The summed E-state index contributed by atoms with van der Waals surface area (Å²) in [5.41, 5.74) is 1.63. The summed E-state index contributed by atoms with van der Waals surface area (Å²) in [6.07, 6.45) is -0.848. The minimum absolute atomic E-state index is 0.152. The molecule has 8 heteroatoms. The summed E-state index contributed by atoms with van der Waals surface area (Å²) in [5, 5.41) is 9.93. The first kappa shape index (κ1) is 17.2. The van der Waals surface area contributed by atoms with Crippen LogP contribution in [0.15, 0.2) is 24.3 Å². The van der Waals surface area contributed by atoms with Crippen molar-refractivity contribution >= 4 is 29.6 Å². The molecule has 0 bridgehead atoms. The van der Waals surface area contributed by atoms with Gasteiger partial charge in [0.1, 0.15) is 5.69 Å². The molecule has 0 radical (unpaired) electrons. The van der Waals surface area contributed by atoms with Crippen molar-refractivity contribution in [2.75, 3.05) is 13.2 Å². The molecule has 1 aromatic heterocycles. The standard InChI is InChI=1S/C14H19N2O4PS/c1-4-18-21(22,19-5-2)20-14-13(10(3)17)15-11-8-6-7-9-12(11)16-14/h6-10,17H,4-5H2,1-3H3. The fraction of sp³-hybridized carbons (Fsp3) is 0.429. The van der Waals surface area contributed by atoms with Crippen molar-refractivity contribution in [3.05, 3.63) is 30.0 Å². The molecule has 0 spiro atoms. The van der Waals surface area contributed by atoms with Gasteiger partial charge >= 0.3 is 6.72 Å². The highest BCUT2D eigenvalue weighted by Gasteiger charge is 2.26. The Morgan fingerprint density at radius 3 is 2.18 bits per heavy atom. The average molecular weight is 342 g/mol. The first-order valence-corrected chi connectivity index (χ1v) is 9.58. The maximum absolute atomic E-state index is 9.93. The Morgan fingerprint density at radius 1 is 1.14 bits per heavy atom. The molecular formula is C14H19N2O4PS. The first-order chi connectivity index (χ1) is 10.5. The highest BCUT2D eigenvalue weighted by molar-refractivity contribution is 8.07. The Hall–Kier alpha value is -1.11. The zero-order valence-electron chi connectivity index (χ0n) is 12.7. The summed E-state index contributed by atoms with van der Waals surface area (Å²) in [5.74, 6) is 0.152. The highest BCUT2D eigenvalue weighted by Crippen LogP contribution is 2.50. The molecule has 120 valence electrons. The lowest BCUT2D eigenvalue weighted by molar-refractivity contribution is 0.185. The van der Waals surface area contributed by atoms with E-state index in [1.54, 1.807) is 6.92 Å². The molecule has 0 amide bonds. The molecule has 0 aliphatic heterocycles. The molecule has 0 aliphatic rings. The number of nitrogens with zero attached hydrogens (tertiary/aromatic N) is 2. The van der Waals surface area contributed by atoms with Crippen molar-refractivity contribution < 1.29 is 18.7 Å². The Labute approximate surface area is 134 Å². The van der Waals surface area contributed by atoms with Gasteiger partial charge in [0.25, 0.3) is 0 Å². The van der Waals surface area contributed by atoms with Gasteiger partial charge in [-0.15, -0.1) is 0 Å². The van der Waals surface area contributed by atoms with Crippen molar-refractivity contribution in [2.24, 2.45) is 0 Å². The van der Waals surface area contributed by atoms with Crippen molar-refractivity contribution in [3.8, 4) is 5.88 Å². The Balaban J connectivity index is 2.48. The molecule has 22 heavy (non-hydrogen) atoms. The van der Waals surface area contributed by atoms with E-state index in [2.05, 4.69) is 9.97 Å². The number of para-hydroxylation sites is 2. The molecule has 1 aromatic carbocycles. The Kier molecular flexibility index (Phi) is 5.83. The van der Waals surface area contributed by atoms with E-state index in [9.17, 15) is 5.11 Å². The van der Waals surface area contributed by atoms with Crippen LogP contribution in [0.25, 0.3) is 11.0 Å². The van der Waals surface area contributed by atoms with E-state index in [1.165, 1.54) is 0 Å². The fourth-order valence-corrected chi connectivity index (χ4v) is 3.85. The molecule has 6 nitrogen and oxygen atoms in total. The van der Waals surface area contributed by atoms with Gasteiger partial charge in [-0.2, -0.15) is 0 Å². The van der Waals surface area contributed by atoms with E-state index < -0.39 is 12.8 Å². The van der Waals surface area contributed by atoms with Crippen LogP contribution in [0.2, 0.25) is 0 Å². The number of aromatic nitrogens is 2. The lowest BCUT2D eigenvalue weighted by Crippen LogP contribution is -2.08. The smallest absolute Gasteiger partial charge is 0.381 e. The summed E-state index contributed by atoms with van der Waals surface area (Å²) >= 11 is 5.35. The van der Waals surface area contributed by atoms with Crippen LogP contribution in [0.3, 0.4) is 0 Å². The summed E-state index contributed by atoms with van der Waals surface area (Å²) < 4.78 is 16.6. The van der Waals surface area contributed by atoms with Crippen molar-refractivity contribution in [2.45, 2.75) is 26.9 Å². The van der Waals surface area contributed by atoms with Gasteiger partial charge in [0.2, 0.25) is 5.88 Å². The summed E-state index contributed by atoms with van der Waals surface area (Å²) in [7, 11) is 0. The molecule has 2 rings (SSSR count). The van der Waals surface area contributed by atoms with Crippen LogP contribution in [0.4, 0.5) is 0 Å².